The van der Waals surface area contributed by atoms with E-state index in [4.69, 9.17) is 0 Å². The van der Waals surface area contributed by atoms with Crippen LogP contribution in [0.1, 0.15) is 11.6 Å². The Morgan fingerprint density at radius 1 is 1.00 bits per heavy atom. The fourth-order valence-corrected chi connectivity index (χ4v) is 3.99. The number of aromatic nitrogens is 1. The molecule has 5 heteroatoms. The van der Waals surface area contributed by atoms with E-state index in [1.165, 1.54) is 6.07 Å². The van der Waals surface area contributed by atoms with Crippen LogP contribution in [0.25, 0.3) is 10.9 Å². The Kier molecular flexibility index (Phi) is 5.25. The molecule has 0 amide bonds. The number of piperazine rings is 1. The maximum atomic E-state index is 13.6. The Labute approximate surface area is 159 Å². The van der Waals surface area contributed by atoms with Crippen LogP contribution >= 0.6 is 0 Å². The van der Waals surface area contributed by atoms with Crippen LogP contribution in [0, 0.1) is 5.82 Å². The second kappa shape index (κ2) is 7.80. The molecule has 2 atom stereocenters. The smallest absolute Gasteiger partial charge is 0.123 e. The van der Waals surface area contributed by atoms with Crippen molar-refractivity contribution in [1.29, 1.82) is 0 Å². The Morgan fingerprint density at radius 2 is 1.74 bits per heavy atom. The highest BCUT2D eigenvalue weighted by Crippen LogP contribution is 2.29. The van der Waals surface area contributed by atoms with Crippen LogP contribution in [0.3, 0.4) is 0 Å². The van der Waals surface area contributed by atoms with Crippen molar-refractivity contribution >= 4 is 10.9 Å². The Hall–Kier alpha value is -2.21. The lowest BCUT2D eigenvalue weighted by atomic mass is 10.00. The zero-order valence-electron chi connectivity index (χ0n) is 15.6. The van der Waals surface area contributed by atoms with Gasteiger partial charge in [-0.15, -0.1) is 0 Å². The molecule has 142 valence electrons. The van der Waals surface area contributed by atoms with Crippen molar-refractivity contribution in [3.63, 3.8) is 0 Å². The number of rotatable bonds is 5. The van der Waals surface area contributed by atoms with Gasteiger partial charge in [-0.1, -0.05) is 30.3 Å². The summed E-state index contributed by atoms with van der Waals surface area (Å²) in [5, 5.41) is 12.1. The standard InChI is InChI=1S/C22H26FN3O/c1-24-11-13-25(14-12-24)16-21(27)22(17-5-3-2-4-6-17)26-10-9-18-15-19(23)7-8-20(18)26/h2-10,15,21-22,27H,11-14,16H2,1H3/t21?,22-/m0/s1. The van der Waals surface area contributed by atoms with Gasteiger partial charge < -0.3 is 14.6 Å². The van der Waals surface area contributed by atoms with E-state index in [-0.39, 0.29) is 11.9 Å². The van der Waals surface area contributed by atoms with E-state index in [1.54, 1.807) is 12.1 Å². The molecule has 2 heterocycles. The number of likely N-dealkylation sites (N-methyl/N-ethyl adjacent to an activating group) is 1. The van der Waals surface area contributed by atoms with Gasteiger partial charge in [-0.2, -0.15) is 0 Å². The summed E-state index contributed by atoms with van der Waals surface area (Å²) in [6.45, 7) is 4.59. The molecular weight excluding hydrogens is 341 g/mol. The molecule has 2 aromatic carbocycles. The largest absolute Gasteiger partial charge is 0.389 e. The maximum Gasteiger partial charge on any atom is 0.123 e. The molecule has 1 aliphatic heterocycles. The first-order chi connectivity index (χ1) is 13.1. The third-order valence-electron chi connectivity index (χ3n) is 5.53. The normalized spacial score (nSPS) is 18.6. The van der Waals surface area contributed by atoms with Crippen LogP contribution in [-0.4, -0.2) is 65.3 Å². The van der Waals surface area contributed by atoms with E-state index in [0.29, 0.717) is 6.54 Å². The number of hydrogen-bond donors (Lipinski definition) is 1. The van der Waals surface area contributed by atoms with Gasteiger partial charge in [0.25, 0.3) is 0 Å². The molecular formula is C22H26FN3O. The quantitative estimate of drug-likeness (QED) is 0.752. The third-order valence-corrected chi connectivity index (χ3v) is 5.53. The fourth-order valence-electron chi connectivity index (χ4n) is 3.99. The molecule has 1 aromatic heterocycles. The number of aliphatic hydroxyl groups excluding tert-OH is 1. The molecule has 0 aliphatic carbocycles. The zero-order chi connectivity index (χ0) is 18.8. The van der Waals surface area contributed by atoms with Gasteiger partial charge in [0.2, 0.25) is 0 Å². The van der Waals surface area contributed by atoms with Crippen LogP contribution in [0.15, 0.2) is 60.8 Å². The van der Waals surface area contributed by atoms with Gasteiger partial charge in [0, 0.05) is 49.8 Å². The summed E-state index contributed by atoms with van der Waals surface area (Å²) >= 11 is 0. The average Bonchev–Trinajstić information content (AvgIpc) is 3.07. The molecule has 4 nitrogen and oxygen atoms in total. The molecule has 3 aromatic rings. The molecule has 0 bridgehead atoms. The Bertz CT molecular complexity index is 887. The van der Waals surface area contributed by atoms with Gasteiger partial charge in [0.15, 0.2) is 0 Å². The molecule has 1 aliphatic rings. The van der Waals surface area contributed by atoms with Gasteiger partial charge in [0.05, 0.1) is 12.1 Å². The van der Waals surface area contributed by atoms with Crippen LogP contribution in [0.5, 0.6) is 0 Å². The lowest BCUT2D eigenvalue weighted by Gasteiger charge is -2.36. The van der Waals surface area contributed by atoms with Crippen molar-refractivity contribution in [2.75, 3.05) is 39.8 Å². The van der Waals surface area contributed by atoms with Crippen molar-refractivity contribution in [1.82, 2.24) is 14.4 Å². The number of halogens is 1. The number of benzene rings is 2. The molecule has 4 rings (SSSR count). The van der Waals surface area contributed by atoms with Gasteiger partial charge >= 0.3 is 0 Å². The Balaban J connectivity index is 1.66. The van der Waals surface area contributed by atoms with Crippen LogP contribution < -0.4 is 0 Å². The first-order valence-electron chi connectivity index (χ1n) is 9.52. The lowest BCUT2D eigenvalue weighted by molar-refractivity contribution is 0.0594. The highest BCUT2D eigenvalue weighted by Gasteiger charge is 2.27. The second-order valence-electron chi connectivity index (χ2n) is 7.45. The van der Waals surface area contributed by atoms with E-state index in [2.05, 4.69) is 21.4 Å². The number of nitrogens with zero attached hydrogens (tertiary/aromatic N) is 3. The predicted molar refractivity (Wildman–Crippen MR) is 106 cm³/mol. The average molecular weight is 367 g/mol. The SMILES string of the molecule is CN1CCN(CC(O)[C@H](c2ccccc2)n2ccc3cc(F)ccc32)CC1. The molecule has 0 spiro atoms. The summed E-state index contributed by atoms with van der Waals surface area (Å²) in [7, 11) is 2.13. The lowest BCUT2D eigenvalue weighted by Crippen LogP contribution is -2.48. The van der Waals surface area contributed by atoms with Crippen LogP contribution in [-0.2, 0) is 0 Å². The van der Waals surface area contributed by atoms with E-state index >= 15 is 0 Å². The fraction of sp³-hybridized carbons (Fsp3) is 0.364. The molecule has 1 N–H and O–H groups in total. The summed E-state index contributed by atoms with van der Waals surface area (Å²) in [5.74, 6) is -0.241. The van der Waals surface area contributed by atoms with Crippen LogP contribution in [0.4, 0.5) is 4.39 Å². The Morgan fingerprint density at radius 3 is 2.48 bits per heavy atom. The summed E-state index contributed by atoms with van der Waals surface area (Å²) in [4.78, 5) is 4.64. The first-order valence-corrected chi connectivity index (χ1v) is 9.52. The molecule has 0 radical (unpaired) electrons. The minimum absolute atomic E-state index is 0.214. The first kappa shape index (κ1) is 18.2. The molecule has 27 heavy (non-hydrogen) atoms. The number of β-amino-alcohol motifs (C(OH)–C–C–N with tert-alkyl or cyclic N) is 1. The predicted octanol–water partition coefficient (Wildman–Crippen LogP) is 2.98. The maximum absolute atomic E-state index is 13.6. The van der Waals surface area contributed by atoms with Gasteiger partial charge in [-0.05, 0) is 36.9 Å². The summed E-state index contributed by atoms with van der Waals surface area (Å²) in [6.07, 6.45) is 1.39. The topological polar surface area (TPSA) is 31.6 Å². The van der Waals surface area contributed by atoms with Crippen molar-refractivity contribution < 1.29 is 9.50 Å². The summed E-state index contributed by atoms with van der Waals surface area (Å²) in [6, 6.07) is 16.6. The van der Waals surface area contributed by atoms with Gasteiger partial charge in [-0.25, -0.2) is 4.39 Å². The van der Waals surface area contributed by atoms with Crippen molar-refractivity contribution in [2.24, 2.45) is 0 Å². The van der Waals surface area contributed by atoms with Crippen molar-refractivity contribution in [3.8, 4) is 0 Å². The molecule has 1 unspecified atom stereocenters. The molecule has 0 saturated carbocycles. The van der Waals surface area contributed by atoms with Gasteiger partial charge in [0.1, 0.15) is 5.82 Å². The summed E-state index contributed by atoms with van der Waals surface area (Å²) < 4.78 is 15.7. The molecule has 1 saturated heterocycles. The third kappa shape index (κ3) is 3.90. The highest BCUT2D eigenvalue weighted by atomic mass is 19.1. The minimum atomic E-state index is -0.559. The molecule has 1 fully saturated rings. The van der Waals surface area contributed by atoms with Crippen molar-refractivity contribution in [2.45, 2.75) is 12.1 Å². The number of fused-ring (bicyclic) bond motifs is 1. The minimum Gasteiger partial charge on any atom is -0.389 e. The van der Waals surface area contributed by atoms with Gasteiger partial charge in [-0.3, -0.25) is 4.90 Å². The van der Waals surface area contributed by atoms with E-state index in [1.807, 2.05) is 42.6 Å². The van der Waals surface area contributed by atoms with Crippen LogP contribution in [0.2, 0.25) is 0 Å². The van der Waals surface area contributed by atoms with Crippen molar-refractivity contribution in [3.05, 3.63) is 72.2 Å². The van der Waals surface area contributed by atoms with E-state index in [0.717, 1.165) is 42.6 Å². The van der Waals surface area contributed by atoms with E-state index < -0.39 is 6.10 Å². The highest BCUT2D eigenvalue weighted by molar-refractivity contribution is 5.80. The van der Waals surface area contributed by atoms with E-state index in [9.17, 15) is 9.50 Å². The summed E-state index contributed by atoms with van der Waals surface area (Å²) in [5.41, 5.74) is 1.99. The monoisotopic (exact) mass is 367 g/mol. The second-order valence-corrected chi connectivity index (χ2v) is 7.45. The number of aliphatic hydroxyl groups is 1. The zero-order valence-corrected chi connectivity index (χ0v) is 15.6. The number of hydrogen-bond acceptors (Lipinski definition) is 3.